The van der Waals surface area contributed by atoms with Gasteiger partial charge in [0.15, 0.2) is 5.57 Å². The van der Waals surface area contributed by atoms with Gasteiger partial charge in [-0.1, -0.05) is 0 Å². The summed E-state index contributed by atoms with van der Waals surface area (Å²) < 4.78 is 4.51. The molecule has 0 aromatic rings. The number of nitrogens with two attached hydrogens (primary N) is 1. The van der Waals surface area contributed by atoms with Crippen LogP contribution in [0.2, 0.25) is 0 Å². The van der Waals surface area contributed by atoms with Gasteiger partial charge in [0.2, 0.25) is 0 Å². The van der Waals surface area contributed by atoms with Crippen LogP contribution >= 0.6 is 0 Å². The Balaban J connectivity index is 4.34. The second-order valence-corrected chi connectivity index (χ2v) is 1.90. The molecule has 0 unspecified atom stereocenters. The van der Waals surface area contributed by atoms with Gasteiger partial charge >= 0.3 is 12.0 Å². The van der Waals surface area contributed by atoms with Crippen LogP contribution in [-0.4, -0.2) is 18.6 Å². The number of carbonyl (C=O) groups is 2. The van der Waals surface area contributed by atoms with Crippen LogP contribution in [0.3, 0.4) is 0 Å². The van der Waals surface area contributed by atoms with Gasteiger partial charge in [-0.3, -0.25) is 0 Å². The number of rotatable bonds is 3. The van der Waals surface area contributed by atoms with Crippen molar-refractivity contribution in [3.05, 3.63) is 11.8 Å². The number of hydrogen-bond donors (Lipinski definition) is 2. The maximum absolute atomic E-state index is 10.9. The molecule has 0 rings (SSSR count). The van der Waals surface area contributed by atoms with E-state index >= 15 is 0 Å². The lowest BCUT2D eigenvalue weighted by Crippen LogP contribution is -2.25. The van der Waals surface area contributed by atoms with Gasteiger partial charge in [0, 0.05) is 6.20 Å². The van der Waals surface area contributed by atoms with E-state index in [2.05, 4.69) is 4.74 Å². The molecule has 70 valence electrons. The highest BCUT2D eigenvalue weighted by Gasteiger charge is 2.08. The fourth-order valence-electron chi connectivity index (χ4n) is 0.489. The predicted molar refractivity (Wildman–Crippen MR) is 43.0 cm³/mol. The molecule has 6 heteroatoms. The maximum atomic E-state index is 10.9. The third-order valence-corrected chi connectivity index (χ3v) is 0.975. The zero-order chi connectivity index (χ0) is 10.3. The van der Waals surface area contributed by atoms with Crippen LogP contribution in [0.4, 0.5) is 4.79 Å². The number of urea groups is 1. The molecule has 0 aromatic carbocycles. The van der Waals surface area contributed by atoms with Crippen molar-refractivity contribution < 1.29 is 14.3 Å². The molecule has 0 spiro atoms. The fraction of sp³-hybridized carbons (Fsp3) is 0.286. The molecule has 2 amide bonds. The zero-order valence-electron chi connectivity index (χ0n) is 7.03. The van der Waals surface area contributed by atoms with Crippen molar-refractivity contribution >= 4 is 12.0 Å². The zero-order valence-corrected chi connectivity index (χ0v) is 7.03. The second kappa shape index (κ2) is 5.60. The minimum atomic E-state index is -0.850. The Kier molecular flexibility index (Phi) is 4.72. The van der Waals surface area contributed by atoms with Gasteiger partial charge in [-0.2, -0.15) is 5.26 Å². The third kappa shape index (κ3) is 4.42. The van der Waals surface area contributed by atoms with E-state index in [1.807, 2.05) is 5.32 Å². The van der Waals surface area contributed by atoms with E-state index < -0.39 is 12.0 Å². The largest absolute Gasteiger partial charge is 0.462 e. The SMILES string of the molecule is CCOC(=O)/C(C#N)=C\NC(N)=O. The molecular weight excluding hydrogens is 174 g/mol. The molecule has 0 radical (unpaired) electrons. The van der Waals surface area contributed by atoms with Crippen LogP contribution in [-0.2, 0) is 9.53 Å². The summed E-state index contributed by atoms with van der Waals surface area (Å²) in [6.45, 7) is 1.77. The normalized spacial score (nSPS) is 10.0. The Morgan fingerprint density at radius 1 is 1.69 bits per heavy atom. The van der Waals surface area contributed by atoms with Crippen molar-refractivity contribution in [3.63, 3.8) is 0 Å². The van der Waals surface area contributed by atoms with E-state index in [9.17, 15) is 9.59 Å². The van der Waals surface area contributed by atoms with E-state index in [1.165, 1.54) is 0 Å². The number of nitrogens with one attached hydrogen (secondary N) is 1. The van der Waals surface area contributed by atoms with Crippen molar-refractivity contribution in [2.75, 3.05) is 6.61 Å². The quantitative estimate of drug-likeness (QED) is 0.353. The Hall–Kier alpha value is -2.03. The Morgan fingerprint density at radius 3 is 2.69 bits per heavy atom. The standard InChI is InChI=1S/C7H9N3O3/c1-2-13-6(11)5(3-8)4-10-7(9)12/h4H,2H2,1H3,(H3,9,10,12)/b5-4-. The molecule has 3 N–H and O–H groups in total. The van der Waals surface area contributed by atoms with Gasteiger partial charge in [-0.25, -0.2) is 9.59 Å². The Labute approximate surface area is 75.0 Å². The minimum absolute atomic E-state index is 0.161. The lowest BCUT2D eigenvalue weighted by atomic mass is 10.3. The summed E-state index contributed by atoms with van der Waals surface area (Å²) >= 11 is 0. The first kappa shape index (κ1) is 11.0. The minimum Gasteiger partial charge on any atom is -0.462 e. The number of primary amides is 1. The summed E-state index contributed by atoms with van der Waals surface area (Å²) in [5.74, 6) is -0.793. The van der Waals surface area contributed by atoms with Crippen molar-refractivity contribution in [2.24, 2.45) is 5.73 Å². The first-order valence-corrected chi connectivity index (χ1v) is 3.45. The number of nitrogens with zero attached hydrogens (tertiary/aromatic N) is 1. The first-order valence-electron chi connectivity index (χ1n) is 3.45. The van der Waals surface area contributed by atoms with Crippen molar-refractivity contribution in [1.29, 1.82) is 5.26 Å². The number of amides is 2. The van der Waals surface area contributed by atoms with Crippen LogP contribution in [0.15, 0.2) is 11.8 Å². The third-order valence-electron chi connectivity index (χ3n) is 0.975. The lowest BCUT2D eigenvalue weighted by Gasteiger charge is -1.98. The number of carbonyl (C=O) groups excluding carboxylic acids is 2. The van der Waals surface area contributed by atoms with Gasteiger partial charge < -0.3 is 15.8 Å². The van der Waals surface area contributed by atoms with Crippen molar-refractivity contribution in [3.8, 4) is 6.07 Å². The number of ether oxygens (including phenoxy) is 1. The van der Waals surface area contributed by atoms with E-state index in [0.29, 0.717) is 0 Å². The van der Waals surface area contributed by atoms with E-state index in [1.54, 1.807) is 13.0 Å². The molecule has 13 heavy (non-hydrogen) atoms. The Bertz CT molecular complexity index is 277. The van der Waals surface area contributed by atoms with Crippen molar-refractivity contribution in [2.45, 2.75) is 6.92 Å². The molecule has 0 aliphatic carbocycles. The first-order chi connectivity index (χ1) is 6.11. The van der Waals surface area contributed by atoms with Crippen LogP contribution in [0, 0.1) is 11.3 Å². The van der Waals surface area contributed by atoms with Gasteiger partial charge in [0.05, 0.1) is 6.61 Å². The van der Waals surface area contributed by atoms with Gasteiger partial charge in [0.1, 0.15) is 6.07 Å². The number of hydrogen-bond acceptors (Lipinski definition) is 4. The molecule has 0 atom stereocenters. The maximum Gasteiger partial charge on any atom is 0.350 e. The van der Waals surface area contributed by atoms with E-state index in [4.69, 9.17) is 11.0 Å². The number of esters is 1. The van der Waals surface area contributed by atoms with Crippen molar-refractivity contribution in [1.82, 2.24) is 5.32 Å². The monoisotopic (exact) mass is 183 g/mol. The van der Waals surface area contributed by atoms with E-state index in [0.717, 1.165) is 6.20 Å². The topological polar surface area (TPSA) is 105 Å². The van der Waals surface area contributed by atoms with Crippen LogP contribution < -0.4 is 11.1 Å². The highest BCUT2D eigenvalue weighted by Crippen LogP contribution is 1.94. The number of nitriles is 1. The molecule has 0 aliphatic rings. The second-order valence-electron chi connectivity index (χ2n) is 1.90. The summed E-state index contributed by atoms with van der Waals surface area (Å²) in [4.78, 5) is 21.1. The molecule has 0 saturated carbocycles. The van der Waals surface area contributed by atoms with Gasteiger partial charge in [-0.05, 0) is 6.92 Å². The molecule has 6 nitrogen and oxygen atoms in total. The smallest absolute Gasteiger partial charge is 0.350 e. The summed E-state index contributed by atoms with van der Waals surface area (Å²) in [6, 6.07) is 0.708. The molecular formula is C7H9N3O3. The molecule has 0 aliphatic heterocycles. The Morgan fingerprint density at radius 2 is 2.31 bits per heavy atom. The summed E-state index contributed by atoms with van der Waals surface area (Å²) in [5.41, 5.74) is 4.41. The van der Waals surface area contributed by atoms with Crippen LogP contribution in [0.1, 0.15) is 6.92 Å². The van der Waals surface area contributed by atoms with Gasteiger partial charge in [-0.15, -0.1) is 0 Å². The average Bonchev–Trinajstić information content (AvgIpc) is 2.05. The van der Waals surface area contributed by atoms with Crippen LogP contribution in [0.5, 0.6) is 0 Å². The highest BCUT2D eigenvalue weighted by molar-refractivity contribution is 5.93. The predicted octanol–water partition coefficient (Wildman–Crippen LogP) is -0.375. The van der Waals surface area contributed by atoms with Crippen LogP contribution in [0.25, 0.3) is 0 Å². The summed E-state index contributed by atoms with van der Waals surface area (Å²) in [7, 11) is 0. The molecule has 0 heterocycles. The highest BCUT2D eigenvalue weighted by atomic mass is 16.5. The molecule has 0 bridgehead atoms. The lowest BCUT2D eigenvalue weighted by molar-refractivity contribution is -0.138. The van der Waals surface area contributed by atoms with E-state index in [-0.39, 0.29) is 12.2 Å². The fourth-order valence-corrected chi connectivity index (χ4v) is 0.489. The van der Waals surface area contributed by atoms with Gasteiger partial charge in [0.25, 0.3) is 0 Å². The summed E-state index contributed by atoms with van der Waals surface area (Å²) in [5, 5.41) is 10.4. The molecule has 0 saturated heterocycles. The average molecular weight is 183 g/mol. The molecule has 0 aromatic heterocycles. The molecule has 0 fully saturated rings. The summed E-state index contributed by atoms with van der Waals surface area (Å²) in [6.07, 6.45) is 0.903.